The predicted octanol–water partition coefficient (Wildman–Crippen LogP) is 0.754. The van der Waals surface area contributed by atoms with Crippen molar-refractivity contribution in [3.05, 3.63) is 56.0 Å². The minimum absolute atomic E-state index is 0.0311. The second-order valence-corrected chi connectivity index (χ2v) is 6.78. The van der Waals surface area contributed by atoms with Crippen LogP contribution in [0.25, 0.3) is 11.2 Å². The highest BCUT2D eigenvalue weighted by atomic mass is 35.5. The van der Waals surface area contributed by atoms with Gasteiger partial charge in [-0.15, -0.1) is 0 Å². The standard InChI is InChI=1S/C18H20ClN5O4/c1-21(9-11-6-5-7-12(8-11)28-4)13(25)10-24-14-15(20-17(24)19)22(2)18(27)23(3)16(14)26/h5-8H,9-10H2,1-4H3. The fourth-order valence-electron chi connectivity index (χ4n) is 2.95. The van der Waals surface area contributed by atoms with Crippen molar-refractivity contribution in [1.82, 2.24) is 23.6 Å². The maximum absolute atomic E-state index is 12.7. The maximum Gasteiger partial charge on any atom is 0.332 e. The van der Waals surface area contributed by atoms with Gasteiger partial charge in [0.25, 0.3) is 5.56 Å². The molecular formula is C18H20ClN5O4. The zero-order valence-electron chi connectivity index (χ0n) is 16.0. The topological polar surface area (TPSA) is 91.4 Å². The van der Waals surface area contributed by atoms with Crippen molar-refractivity contribution in [1.29, 1.82) is 0 Å². The Labute approximate surface area is 165 Å². The summed E-state index contributed by atoms with van der Waals surface area (Å²) >= 11 is 6.17. The molecular weight excluding hydrogens is 386 g/mol. The van der Waals surface area contributed by atoms with Crippen molar-refractivity contribution in [2.75, 3.05) is 14.2 Å². The van der Waals surface area contributed by atoms with Gasteiger partial charge in [0.1, 0.15) is 12.3 Å². The maximum atomic E-state index is 12.7. The lowest BCUT2D eigenvalue weighted by Gasteiger charge is -2.18. The van der Waals surface area contributed by atoms with Crippen LogP contribution in [-0.4, -0.2) is 43.6 Å². The van der Waals surface area contributed by atoms with E-state index in [9.17, 15) is 14.4 Å². The summed E-state index contributed by atoms with van der Waals surface area (Å²) in [6.07, 6.45) is 0. The molecule has 0 bridgehead atoms. The highest BCUT2D eigenvalue weighted by Gasteiger charge is 2.21. The molecule has 10 heteroatoms. The van der Waals surface area contributed by atoms with Crippen molar-refractivity contribution in [2.24, 2.45) is 14.1 Å². The Balaban J connectivity index is 1.92. The molecule has 1 amide bonds. The number of rotatable bonds is 5. The van der Waals surface area contributed by atoms with Gasteiger partial charge in [0, 0.05) is 27.7 Å². The third-order valence-electron chi connectivity index (χ3n) is 4.57. The molecule has 0 fully saturated rings. The Morgan fingerprint density at radius 2 is 1.96 bits per heavy atom. The van der Waals surface area contributed by atoms with Gasteiger partial charge >= 0.3 is 5.69 Å². The van der Waals surface area contributed by atoms with Gasteiger partial charge in [-0.2, -0.15) is 4.98 Å². The van der Waals surface area contributed by atoms with Gasteiger partial charge in [-0.3, -0.25) is 23.3 Å². The van der Waals surface area contributed by atoms with Crippen molar-refractivity contribution < 1.29 is 9.53 Å². The number of carbonyl (C=O) groups is 1. The summed E-state index contributed by atoms with van der Waals surface area (Å²) in [5.74, 6) is 0.436. The van der Waals surface area contributed by atoms with E-state index in [1.54, 1.807) is 14.2 Å². The average molecular weight is 406 g/mol. The van der Waals surface area contributed by atoms with Crippen molar-refractivity contribution >= 4 is 28.7 Å². The quantitative estimate of drug-likeness (QED) is 0.584. The van der Waals surface area contributed by atoms with Crippen LogP contribution in [0.5, 0.6) is 5.75 Å². The number of hydrogen-bond donors (Lipinski definition) is 0. The molecule has 0 saturated carbocycles. The number of carbonyl (C=O) groups excluding carboxylic acids is 1. The summed E-state index contributed by atoms with van der Waals surface area (Å²) in [5.41, 5.74) is 0.0789. The number of aryl methyl sites for hydroxylation is 1. The van der Waals surface area contributed by atoms with E-state index in [1.165, 1.54) is 28.1 Å². The summed E-state index contributed by atoms with van der Waals surface area (Å²) in [4.78, 5) is 42.9. The van der Waals surface area contributed by atoms with Crippen LogP contribution >= 0.6 is 11.6 Å². The Morgan fingerprint density at radius 1 is 1.25 bits per heavy atom. The molecule has 0 aliphatic rings. The molecule has 0 unspecified atom stereocenters. The molecule has 28 heavy (non-hydrogen) atoms. The number of aromatic nitrogens is 4. The van der Waals surface area contributed by atoms with Crippen molar-refractivity contribution in [3.63, 3.8) is 0 Å². The van der Waals surface area contributed by atoms with Crippen LogP contribution in [0.15, 0.2) is 33.9 Å². The summed E-state index contributed by atoms with van der Waals surface area (Å²) in [5, 5.41) is -0.0311. The first kappa shape index (κ1) is 19.7. The van der Waals surface area contributed by atoms with Gasteiger partial charge in [-0.05, 0) is 29.3 Å². The monoisotopic (exact) mass is 405 g/mol. The minimum Gasteiger partial charge on any atom is -0.497 e. The van der Waals surface area contributed by atoms with E-state index in [-0.39, 0.29) is 28.9 Å². The fraction of sp³-hybridized carbons (Fsp3) is 0.333. The Hall–Kier alpha value is -3.07. The van der Waals surface area contributed by atoms with Crippen LogP contribution in [0.2, 0.25) is 5.28 Å². The van der Waals surface area contributed by atoms with E-state index in [1.807, 2.05) is 24.3 Å². The van der Waals surface area contributed by atoms with E-state index in [0.29, 0.717) is 12.3 Å². The number of likely N-dealkylation sites (N-methyl/N-ethyl adjacent to an activating group) is 1. The Kier molecular flexibility index (Phi) is 5.28. The van der Waals surface area contributed by atoms with Gasteiger partial charge in [-0.1, -0.05) is 12.1 Å². The molecule has 0 spiro atoms. The van der Waals surface area contributed by atoms with Gasteiger partial charge in [0.05, 0.1) is 7.11 Å². The molecule has 0 saturated heterocycles. The largest absolute Gasteiger partial charge is 0.497 e. The number of benzene rings is 1. The lowest BCUT2D eigenvalue weighted by Crippen LogP contribution is -2.38. The normalized spacial score (nSPS) is 11.0. The lowest BCUT2D eigenvalue weighted by atomic mass is 10.2. The molecule has 3 rings (SSSR count). The van der Waals surface area contributed by atoms with Gasteiger partial charge in [-0.25, -0.2) is 4.79 Å². The van der Waals surface area contributed by atoms with E-state index in [0.717, 1.165) is 10.1 Å². The smallest absolute Gasteiger partial charge is 0.332 e. The number of nitrogens with zero attached hydrogens (tertiary/aromatic N) is 5. The summed E-state index contributed by atoms with van der Waals surface area (Å²) in [6, 6.07) is 7.39. The third kappa shape index (κ3) is 3.40. The van der Waals surface area contributed by atoms with Crippen molar-refractivity contribution in [3.8, 4) is 5.75 Å². The lowest BCUT2D eigenvalue weighted by molar-refractivity contribution is -0.131. The first-order valence-electron chi connectivity index (χ1n) is 8.43. The summed E-state index contributed by atoms with van der Waals surface area (Å²) in [7, 11) is 6.09. The number of imidazole rings is 1. The molecule has 0 aliphatic carbocycles. The SMILES string of the molecule is COc1cccc(CN(C)C(=O)Cn2c(Cl)nc3c2c(=O)n(C)c(=O)n3C)c1. The number of methoxy groups -OCH3 is 1. The highest BCUT2D eigenvalue weighted by Crippen LogP contribution is 2.17. The van der Waals surface area contributed by atoms with E-state index in [2.05, 4.69) is 4.98 Å². The first-order valence-corrected chi connectivity index (χ1v) is 8.81. The zero-order valence-corrected chi connectivity index (χ0v) is 16.7. The highest BCUT2D eigenvalue weighted by molar-refractivity contribution is 6.29. The molecule has 0 aliphatic heterocycles. The zero-order chi connectivity index (χ0) is 20.6. The molecule has 3 aromatic rings. The van der Waals surface area contributed by atoms with Gasteiger partial charge in [0.2, 0.25) is 11.2 Å². The Morgan fingerprint density at radius 3 is 2.64 bits per heavy atom. The molecule has 2 heterocycles. The van der Waals surface area contributed by atoms with Gasteiger partial charge < -0.3 is 9.64 Å². The van der Waals surface area contributed by atoms with E-state index < -0.39 is 11.2 Å². The molecule has 0 radical (unpaired) electrons. The van der Waals surface area contributed by atoms with Crippen LogP contribution < -0.4 is 16.0 Å². The van der Waals surface area contributed by atoms with E-state index in [4.69, 9.17) is 16.3 Å². The van der Waals surface area contributed by atoms with Crippen LogP contribution in [0, 0.1) is 0 Å². The van der Waals surface area contributed by atoms with E-state index >= 15 is 0 Å². The summed E-state index contributed by atoms with van der Waals surface area (Å²) < 4.78 is 8.70. The minimum atomic E-state index is -0.555. The van der Waals surface area contributed by atoms with Crippen LogP contribution in [0.1, 0.15) is 5.56 Å². The van der Waals surface area contributed by atoms with Crippen molar-refractivity contribution in [2.45, 2.75) is 13.1 Å². The number of ether oxygens (including phenoxy) is 1. The number of halogens is 1. The molecule has 1 aromatic carbocycles. The molecule has 0 atom stereocenters. The number of fused-ring (bicyclic) bond motifs is 1. The van der Waals surface area contributed by atoms with Gasteiger partial charge in [0.15, 0.2) is 11.2 Å². The number of hydrogen-bond acceptors (Lipinski definition) is 5. The second kappa shape index (κ2) is 7.51. The predicted molar refractivity (Wildman–Crippen MR) is 105 cm³/mol. The Bertz CT molecular complexity index is 1180. The fourth-order valence-corrected chi connectivity index (χ4v) is 3.18. The summed E-state index contributed by atoms with van der Waals surface area (Å²) in [6.45, 7) is 0.181. The third-order valence-corrected chi connectivity index (χ3v) is 4.86. The van der Waals surface area contributed by atoms with Crippen LogP contribution in [0.3, 0.4) is 0 Å². The second-order valence-electron chi connectivity index (χ2n) is 6.45. The molecule has 0 N–H and O–H groups in total. The first-order chi connectivity index (χ1) is 13.2. The molecule has 9 nitrogen and oxygen atoms in total. The van der Waals surface area contributed by atoms with Crippen LogP contribution in [-0.2, 0) is 32.0 Å². The number of amides is 1. The average Bonchev–Trinajstić information content (AvgIpc) is 3.01. The van der Waals surface area contributed by atoms with Crippen LogP contribution in [0.4, 0.5) is 0 Å². The molecule has 148 valence electrons. The molecule has 2 aromatic heterocycles.